The standard InChI is InChI=1S/C11H9F3N2O2/c12-8-6-11(9(13)14,10(17)18)15-16(8)7-4-2-1-3-5-7/h1-6,9,15H,(H,17,18). The molecule has 1 aromatic carbocycles. The largest absolute Gasteiger partial charge is 0.479 e. The average molecular weight is 258 g/mol. The lowest BCUT2D eigenvalue weighted by Crippen LogP contribution is -2.57. The fourth-order valence-corrected chi connectivity index (χ4v) is 1.60. The van der Waals surface area contributed by atoms with Crippen LogP contribution < -0.4 is 10.4 Å². The van der Waals surface area contributed by atoms with Crippen LogP contribution in [0.15, 0.2) is 42.4 Å². The van der Waals surface area contributed by atoms with Crippen molar-refractivity contribution < 1.29 is 23.1 Å². The molecule has 0 spiro atoms. The second-order valence-corrected chi connectivity index (χ2v) is 3.72. The van der Waals surface area contributed by atoms with E-state index in [2.05, 4.69) is 0 Å². The van der Waals surface area contributed by atoms with Crippen molar-refractivity contribution in [3.05, 3.63) is 42.4 Å². The first kappa shape index (κ1) is 12.4. The van der Waals surface area contributed by atoms with Gasteiger partial charge in [0.25, 0.3) is 6.43 Å². The number of halogens is 3. The van der Waals surface area contributed by atoms with Gasteiger partial charge < -0.3 is 5.11 Å². The molecule has 2 N–H and O–H groups in total. The maximum atomic E-state index is 13.6. The van der Waals surface area contributed by atoms with Crippen LogP contribution in [0.4, 0.5) is 18.9 Å². The minimum Gasteiger partial charge on any atom is -0.479 e. The quantitative estimate of drug-likeness (QED) is 0.813. The second kappa shape index (κ2) is 4.34. The molecule has 18 heavy (non-hydrogen) atoms. The molecule has 0 bridgehead atoms. The Morgan fingerprint density at radius 1 is 1.33 bits per heavy atom. The molecule has 1 atom stereocenters. The first-order valence-electron chi connectivity index (χ1n) is 5.00. The van der Waals surface area contributed by atoms with Gasteiger partial charge in [-0.05, 0) is 12.1 Å². The van der Waals surface area contributed by atoms with Gasteiger partial charge in [0, 0.05) is 6.08 Å². The Bertz CT molecular complexity index is 492. The molecular weight excluding hydrogens is 249 g/mol. The summed E-state index contributed by atoms with van der Waals surface area (Å²) in [6.07, 6.45) is -2.91. The molecule has 1 aliphatic rings. The molecule has 1 unspecified atom stereocenters. The second-order valence-electron chi connectivity index (χ2n) is 3.72. The minimum absolute atomic E-state index is 0.232. The molecule has 4 nitrogen and oxygen atoms in total. The summed E-state index contributed by atoms with van der Waals surface area (Å²) in [6, 6.07) is 7.74. The van der Waals surface area contributed by atoms with E-state index in [0.717, 1.165) is 0 Å². The summed E-state index contributed by atoms with van der Waals surface area (Å²) in [5, 5.41) is 9.52. The van der Waals surface area contributed by atoms with Gasteiger partial charge >= 0.3 is 5.97 Å². The predicted molar refractivity (Wildman–Crippen MR) is 57.6 cm³/mol. The van der Waals surface area contributed by atoms with Crippen LogP contribution in [0.3, 0.4) is 0 Å². The summed E-state index contributed by atoms with van der Waals surface area (Å²) in [5.41, 5.74) is -0.519. The van der Waals surface area contributed by atoms with Crippen molar-refractivity contribution in [3.8, 4) is 0 Å². The van der Waals surface area contributed by atoms with Crippen molar-refractivity contribution in [2.75, 3.05) is 5.01 Å². The van der Waals surface area contributed by atoms with Gasteiger partial charge in [0.05, 0.1) is 5.69 Å². The number of rotatable bonds is 3. The number of carbonyl (C=O) groups is 1. The smallest absolute Gasteiger partial charge is 0.335 e. The van der Waals surface area contributed by atoms with E-state index < -0.39 is 23.9 Å². The Balaban J connectivity index is 2.37. The van der Waals surface area contributed by atoms with Crippen LogP contribution in [0.25, 0.3) is 0 Å². The Kier molecular flexibility index (Phi) is 3.00. The van der Waals surface area contributed by atoms with Gasteiger partial charge in [0.1, 0.15) is 0 Å². The van der Waals surface area contributed by atoms with Crippen molar-refractivity contribution in [1.29, 1.82) is 0 Å². The molecule has 0 amide bonds. The fraction of sp³-hybridized carbons (Fsp3) is 0.182. The van der Waals surface area contributed by atoms with Crippen molar-refractivity contribution in [2.45, 2.75) is 12.0 Å². The first-order valence-corrected chi connectivity index (χ1v) is 5.00. The molecular formula is C11H9F3N2O2. The van der Waals surface area contributed by atoms with Crippen LogP contribution in [0.5, 0.6) is 0 Å². The number of nitrogens with one attached hydrogen (secondary N) is 1. The molecule has 2 rings (SSSR count). The molecule has 7 heteroatoms. The molecule has 0 aliphatic carbocycles. The third-order valence-corrected chi connectivity index (χ3v) is 2.57. The van der Waals surface area contributed by atoms with Gasteiger partial charge in [-0.2, -0.15) is 4.39 Å². The van der Waals surface area contributed by atoms with Crippen molar-refractivity contribution >= 4 is 11.7 Å². The Morgan fingerprint density at radius 2 is 1.94 bits per heavy atom. The van der Waals surface area contributed by atoms with Crippen LogP contribution >= 0.6 is 0 Å². The van der Waals surface area contributed by atoms with E-state index in [1.54, 1.807) is 18.2 Å². The zero-order chi connectivity index (χ0) is 13.3. The van der Waals surface area contributed by atoms with Gasteiger partial charge in [-0.3, -0.25) is 5.01 Å². The number of carboxylic acids is 1. The molecule has 0 radical (unpaired) electrons. The summed E-state index contributed by atoms with van der Waals surface area (Å²) in [4.78, 5) is 10.9. The number of hydrogen-bond acceptors (Lipinski definition) is 3. The van der Waals surface area contributed by atoms with Gasteiger partial charge in [-0.25, -0.2) is 19.0 Å². The number of nitrogens with zero attached hydrogens (tertiary/aromatic N) is 1. The molecule has 1 aliphatic heterocycles. The fourth-order valence-electron chi connectivity index (χ4n) is 1.60. The van der Waals surface area contributed by atoms with E-state index in [0.29, 0.717) is 11.1 Å². The molecule has 0 saturated heterocycles. The molecule has 0 fully saturated rings. The van der Waals surface area contributed by atoms with Crippen LogP contribution in [-0.2, 0) is 4.79 Å². The number of hydrogen-bond donors (Lipinski definition) is 2. The lowest BCUT2D eigenvalue weighted by atomic mass is 10.0. The van der Waals surface area contributed by atoms with E-state index in [1.807, 2.05) is 5.43 Å². The SMILES string of the molecule is O=C(O)C1(C(F)F)C=C(F)N(c2ccccc2)N1. The summed E-state index contributed by atoms with van der Waals surface area (Å²) in [7, 11) is 0. The Morgan fingerprint density at radius 3 is 2.39 bits per heavy atom. The van der Waals surface area contributed by atoms with E-state index in [1.165, 1.54) is 12.1 Å². The number of aliphatic carboxylic acids is 1. The summed E-state index contributed by atoms with van der Waals surface area (Å²) in [5.74, 6) is -2.92. The summed E-state index contributed by atoms with van der Waals surface area (Å²) in [6.45, 7) is 0. The van der Waals surface area contributed by atoms with Gasteiger partial charge in [-0.1, -0.05) is 18.2 Å². The monoisotopic (exact) mass is 258 g/mol. The van der Waals surface area contributed by atoms with E-state index in [4.69, 9.17) is 5.11 Å². The number of para-hydroxylation sites is 1. The first-order chi connectivity index (χ1) is 8.47. The number of alkyl halides is 2. The minimum atomic E-state index is -3.28. The topological polar surface area (TPSA) is 52.6 Å². The highest BCUT2D eigenvalue weighted by Crippen LogP contribution is 2.31. The zero-order valence-corrected chi connectivity index (χ0v) is 8.98. The number of hydrazine groups is 1. The van der Waals surface area contributed by atoms with Crippen molar-refractivity contribution in [3.63, 3.8) is 0 Å². The predicted octanol–water partition coefficient (Wildman–Crippen LogP) is 1.91. The van der Waals surface area contributed by atoms with E-state index in [9.17, 15) is 18.0 Å². The van der Waals surface area contributed by atoms with Crippen molar-refractivity contribution in [1.82, 2.24) is 5.43 Å². The van der Waals surface area contributed by atoms with Crippen LogP contribution in [0.1, 0.15) is 0 Å². The Hall–Kier alpha value is -2.02. The molecule has 1 aromatic rings. The normalized spacial score (nSPS) is 23.3. The zero-order valence-electron chi connectivity index (χ0n) is 8.98. The van der Waals surface area contributed by atoms with E-state index >= 15 is 0 Å². The highest BCUT2D eigenvalue weighted by molar-refractivity contribution is 5.84. The highest BCUT2D eigenvalue weighted by atomic mass is 19.3. The molecule has 1 heterocycles. The molecule has 0 aromatic heterocycles. The van der Waals surface area contributed by atoms with Gasteiger partial charge in [-0.15, -0.1) is 0 Å². The molecule has 96 valence electrons. The van der Waals surface area contributed by atoms with Crippen LogP contribution in [0, 0.1) is 0 Å². The van der Waals surface area contributed by atoms with Crippen LogP contribution in [0.2, 0.25) is 0 Å². The maximum absolute atomic E-state index is 13.6. The lowest BCUT2D eigenvalue weighted by molar-refractivity contribution is -0.148. The molecule has 0 saturated carbocycles. The third-order valence-electron chi connectivity index (χ3n) is 2.57. The maximum Gasteiger partial charge on any atom is 0.335 e. The van der Waals surface area contributed by atoms with Gasteiger partial charge in [0.15, 0.2) is 0 Å². The average Bonchev–Trinajstić information content (AvgIpc) is 2.70. The third kappa shape index (κ3) is 1.82. The number of benzene rings is 1. The lowest BCUT2D eigenvalue weighted by Gasteiger charge is -2.26. The van der Waals surface area contributed by atoms with Crippen LogP contribution in [-0.4, -0.2) is 23.0 Å². The number of anilines is 1. The van der Waals surface area contributed by atoms with E-state index in [-0.39, 0.29) is 5.69 Å². The summed E-state index contributed by atoms with van der Waals surface area (Å²) >= 11 is 0. The van der Waals surface area contributed by atoms with Gasteiger partial charge in [0.2, 0.25) is 11.5 Å². The highest BCUT2D eigenvalue weighted by Gasteiger charge is 2.52. The van der Waals surface area contributed by atoms with Crippen molar-refractivity contribution in [2.24, 2.45) is 0 Å². The Labute approximate surface area is 100 Å². The summed E-state index contributed by atoms with van der Waals surface area (Å²) < 4.78 is 39.3. The number of carboxylic acid groups (broad SMARTS) is 1.